The summed E-state index contributed by atoms with van der Waals surface area (Å²) in [5, 5.41) is 0. The smallest absolute Gasteiger partial charge is 0.261 e. The van der Waals surface area contributed by atoms with Crippen LogP contribution in [0.15, 0.2) is 42.5 Å². The van der Waals surface area contributed by atoms with Crippen molar-refractivity contribution in [3.05, 3.63) is 64.7 Å². The summed E-state index contributed by atoms with van der Waals surface area (Å²) in [6.07, 6.45) is 0. The van der Waals surface area contributed by atoms with Crippen LogP contribution in [0.25, 0.3) is 0 Å². The van der Waals surface area contributed by atoms with E-state index in [-0.39, 0.29) is 41.8 Å². The van der Waals surface area contributed by atoms with Crippen LogP contribution in [0.1, 0.15) is 50.5 Å². The molecule has 0 bridgehead atoms. The maximum Gasteiger partial charge on any atom is 0.261 e. The molecule has 2 aliphatic rings. The number of hydrogen-bond donors (Lipinski definition) is 0. The number of benzene rings is 2. The Bertz CT molecular complexity index is 1100. The monoisotopic (exact) mass is 449 g/mol. The number of rotatable bonds is 5. The third-order valence-corrected chi connectivity index (χ3v) is 5.98. The molecule has 1 saturated heterocycles. The van der Waals surface area contributed by atoms with Crippen molar-refractivity contribution >= 4 is 23.6 Å². The summed E-state index contributed by atoms with van der Waals surface area (Å²) in [5.74, 6) is -0.404. The fourth-order valence-corrected chi connectivity index (χ4v) is 4.07. The van der Waals surface area contributed by atoms with E-state index in [9.17, 15) is 19.2 Å². The van der Waals surface area contributed by atoms with Gasteiger partial charge in [0.1, 0.15) is 5.75 Å². The van der Waals surface area contributed by atoms with E-state index in [0.717, 1.165) is 5.56 Å². The molecule has 172 valence electrons. The average molecular weight is 450 g/mol. The molecule has 0 N–H and O–H groups in total. The minimum absolute atomic E-state index is 0.0513. The van der Waals surface area contributed by atoms with Crippen LogP contribution in [0.5, 0.6) is 5.75 Å². The molecule has 8 nitrogen and oxygen atoms in total. The predicted molar refractivity (Wildman–Crippen MR) is 121 cm³/mol. The Hall–Kier alpha value is -3.68. The fraction of sp³-hybridized carbons (Fsp3) is 0.360. The lowest BCUT2D eigenvalue weighted by molar-refractivity contribution is -0.134. The molecule has 33 heavy (non-hydrogen) atoms. The maximum absolute atomic E-state index is 13.0. The number of carbonyl (C=O) groups is 4. The van der Waals surface area contributed by atoms with E-state index in [1.165, 1.54) is 11.0 Å². The first kappa shape index (κ1) is 22.5. The molecule has 0 atom stereocenters. The maximum atomic E-state index is 13.0. The molecule has 0 spiro atoms. The van der Waals surface area contributed by atoms with Gasteiger partial charge < -0.3 is 14.5 Å². The fourth-order valence-electron chi connectivity index (χ4n) is 4.07. The number of carbonyl (C=O) groups excluding carboxylic acids is 4. The van der Waals surface area contributed by atoms with Crippen molar-refractivity contribution in [3.63, 3.8) is 0 Å². The summed E-state index contributed by atoms with van der Waals surface area (Å²) in [5.41, 5.74) is 2.07. The Kier molecular flexibility index (Phi) is 6.18. The summed E-state index contributed by atoms with van der Waals surface area (Å²) in [4.78, 5) is 55.1. The highest BCUT2D eigenvalue weighted by Gasteiger charge is 2.38. The van der Waals surface area contributed by atoms with Crippen molar-refractivity contribution in [2.45, 2.75) is 26.8 Å². The Labute approximate surface area is 192 Å². The molecule has 0 aromatic heterocycles. The Morgan fingerprint density at radius 3 is 2.12 bits per heavy atom. The molecule has 0 aliphatic carbocycles. The first-order chi connectivity index (χ1) is 15.8. The second-order valence-corrected chi connectivity index (χ2v) is 8.61. The first-order valence-electron chi connectivity index (χ1n) is 11.0. The topological polar surface area (TPSA) is 87.2 Å². The van der Waals surface area contributed by atoms with E-state index >= 15 is 0 Å². The Morgan fingerprint density at radius 1 is 0.879 bits per heavy atom. The largest absolute Gasteiger partial charge is 0.484 e. The molecule has 2 heterocycles. The van der Waals surface area contributed by atoms with Gasteiger partial charge in [0, 0.05) is 37.8 Å². The zero-order valence-corrected chi connectivity index (χ0v) is 19.0. The molecule has 2 aromatic rings. The van der Waals surface area contributed by atoms with Crippen LogP contribution in [0.4, 0.5) is 0 Å². The summed E-state index contributed by atoms with van der Waals surface area (Å²) < 4.78 is 5.57. The van der Waals surface area contributed by atoms with Gasteiger partial charge >= 0.3 is 0 Å². The first-order valence-corrected chi connectivity index (χ1v) is 11.0. The van der Waals surface area contributed by atoms with Crippen molar-refractivity contribution in [2.75, 3.05) is 32.8 Å². The summed E-state index contributed by atoms with van der Waals surface area (Å²) in [7, 11) is 0. The van der Waals surface area contributed by atoms with Gasteiger partial charge in [0.05, 0.1) is 11.1 Å². The lowest BCUT2D eigenvalue weighted by Gasteiger charge is -2.34. The molecular weight excluding hydrogens is 422 g/mol. The number of fused-ring (bicyclic) bond motifs is 1. The van der Waals surface area contributed by atoms with Gasteiger partial charge in [-0.2, -0.15) is 0 Å². The molecule has 1 fully saturated rings. The molecule has 8 heteroatoms. The zero-order valence-electron chi connectivity index (χ0n) is 19.0. The van der Waals surface area contributed by atoms with Crippen LogP contribution in [0, 0.1) is 6.92 Å². The lowest BCUT2D eigenvalue weighted by Crippen LogP contribution is -2.51. The molecule has 0 saturated carbocycles. The second-order valence-electron chi connectivity index (χ2n) is 8.61. The van der Waals surface area contributed by atoms with E-state index < -0.39 is 0 Å². The van der Waals surface area contributed by atoms with Gasteiger partial charge in [-0.25, -0.2) is 0 Å². The summed E-state index contributed by atoms with van der Waals surface area (Å²) in [6, 6.07) is 11.9. The van der Waals surface area contributed by atoms with Gasteiger partial charge in [-0.05, 0) is 51.1 Å². The standard InChI is InChI=1S/C25H27N3O5/c1-16(2)28-24(31)20-9-6-18(14-21(20)25(28)32)23(30)27-12-10-26(11-13-27)22(29)15-33-19-7-4-17(3)5-8-19/h4-9,14,16H,10-13,15H2,1-3H3. The molecule has 2 aliphatic heterocycles. The van der Waals surface area contributed by atoms with E-state index in [0.29, 0.717) is 43.1 Å². The third kappa shape index (κ3) is 4.46. The minimum atomic E-state index is -0.372. The number of hydrogen-bond acceptors (Lipinski definition) is 5. The number of ether oxygens (including phenoxy) is 1. The van der Waals surface area contributed by atoms with Gasteiger partial charge in [0.25, 0.3) is 23.6 Å². The van der Waals surface area contributed by atoms with Gasteiger partial charge in [-0.3, -0.25) is 24.1 Å². The number of aryl methyl sites for hydroxylation is 1. The Balaban J connectivity index is 1.34. The third-order valence-electron chi connectivity index (χ3n) is 5.98. The van der Waals surface area contributed by atoms with Crippen LogP contribution < -0.4 is 4.74 Å². The molecule has 4 rings (SSSR count). The van der Waals surface area contributed by atoms with E-state index in [4.69, 9.17) is 4.74 Å². The summed E-state index contributed by atoms with van der Waals surface area (Å²) in [6.45, 7) is 7.08. The van der Waals surface area contributed by atoms with Gasteiger partial charge in [-0.1, -0.05) is 17.7 Å². The SMILES string of the molecule is Cc1ccc(OCC(=O)N2CCN(C(=O)c3ccc4c(c3)C(=O)N(C(C)C)C4=O)CC2)cc1. The highest BCUT2D eigenvalue weighted by atomic mass is 16.5. The highest BCUT2D eigenvalue weighted by Crippen LogP contribution is 2.26. The van der Waals surface area contributed by atoms with Crippen molar-refractivity contribution in [2.24, 2.45) is 0 Å². The van der Waals surface area contributed by atoms with Gasteiger partial charge in [0.15, 0.2) is 6.61 Å². The van der Waals surface area contributed by atoms with Crippen molar-refractivity contribution in [1.82, 2.24) is 14.7 Å². The van der Waals surface area contributed by atoms with Crippen molar-refractivity contribution in [3.8, 4) is 5.75 Å². The van der Waals surface area contributed by atoms with Crippen LogP contribution in [-0.2, 0) is 4.79 Å². The zero-order chi connectivity index (χ0) is 23.7. The van der Waals surface area contributed by atoms with E-state index in [1.807, 2.05) is 31.2 Å². The molecule has 4 amide bonds. The minimum Gasteiger partial charge on any atom is -0.484 e. The van der Waals surface area contributed by atoms with Crippen LogP contribution in [-0.4, -0.2) is 77.2 Å². The molecule has 2 aromatic carbocycles. The van der Waals surface area contributed by atoms with Gasteiger partial charge in [0.2, 0.25) is 0 Å². The van der Waals surface area contributed by atoms with Crippen LogP contribution in [0.3, 0.4) is 0 Å². The molecular formula is C25H27N3O5. The molecule has 0 radical (unpaired) electrons. The quantitative estimate of drug-likeness (QED) is 0.654. The van der Waals surface area contributed by atoms with E-state index in [1.54, 1.807) is 35.8 Å². The number of piperazine rings is 1. The number of imide groups is 1. The Morgan fingerprint density at radius 2 is 1.48 bits per heavy atom. The van der Waals surface area contributed by atoms with E-state index in [2.05, 4.69) is 0 Å². The highest BCUT2D eigenvalue weighted by molar-refractivity contribution is 6.22. The second kappa shape index (κ2) is 9.05. The number of amides is 4. The molecule has 0 unspecified atom stereocenters. The average Bonchev–Trinajstić information content (AvgIpc) is 3.07. The van der Waals surface area contributed by atoms with Crippen LogP contribution >= 0.6 is 0 Å². The summed E-state index contributed by atoms with van der Waals surface area (Å²) >= 11 is 0. The number of nitrogens with zero attached hydrogens (tertiary/aromatic N) is 3. The van der Waals surface area contributed by atoms with Crippen molar-refractivity contribution in [1.29, 1.82) is 0 Å². The normalized spacial score (nSPS) is 15.8. The van der Waals surface area contributed by atoms with Crippen LogP contribution in [0.2, 0.25) is 0 Å². The predicted octanol–water partition coefficient (Wildman–Crippen LogP) is 2.36. The van der Waals surface area contributed by atoms with Crippen molar-refractivity contribution < 1.29 is 23.9 Å². The lowest BCUT2D eigenvalue weighted by atomic mass is 10.0. The van der Waals surface area contributed by atoms with Gasteiger partial charge in [-0.15, -0.1) is 0 Å².